The molecule has 0 radical (unpaired) electrons. The van der Waals surface area contributed by atoms with Crippen LogP contribution in [-0.4, -0.2) is 9.97 Å². The Morgan fingerprint density at radius 2 is 2.13 bits per heavy atom. The monoisotopic (exact) mass is 266 g/mol. The van der Waals surface area contributed by atoms with Gasteiger partial charge >= 0.3 is 0 Å². The maximum absolute atomic E-state index is 5.64. The molecule has 2 rings (SSSR count). The van der Waals surface area contributed by atoms with Crippen LogP contribution in [0.5, 0.6) is 0 Å². The van der Waals surface area contributed by atoms with E-state index >= 15 is 0 Å². The van der Waals surface area contributed by atoms with Gasteiger partial charge in [0.15, 0.2) is 0 Å². The molecule has 0 atom stereocenters. The van der Waals surface area contributed by atoms with E-state index in [0.717, 1.165) is 16.1 Å². The van der Waals surface area contributed by atoms with Gasteiger partial charge in [0.05, 0.1) is 0 Å². The third-order valence-corrected chi connectivity index (χ3v) is 2.59. The summed E-state index contributed by atoms with van der Waals surface area (Å²) in [6.07, 6.45) is 1.72. The van der Waals surface area contributed by atoms with E-state index in [4.69, 9.17) is 4.42 Å². The molecule has 0 aliphatic heterocycles. The highest BCUT2D eigenvalue weighted by atomic mass is 79.9. The molecule has 0 aliphatic carbocycles. The number of rotatable bonds is 2. The quantitative estimate of drug-likeness (QED) is 0.834. The molecule has 0 aliphatic rings. The van der Waals surface area contributed by atoms with E-state index in [1.165, 1.54) is 0 Å². The first-order chi connectivity index (χ1) is 7.18. The van der Waals surface area contributed by atoms with Gasteiger partial charge in [-0.25, -0.2) is 4.98 Å². The highest BCUT2D eigenvalue weighted by molar-refractivity contribution is 9.10. The van der Waals surface area contributed by atoms with E-state index < -0.39 is 0 Å². The van der Waals surface area contributed by atoms with Crippen LogP contribution in [0.1, 0.15) is 25.5 Å². The third kappa shape index (κ3) is 2.09. The fraction of sp³-hybridized carbons (Fsp3) is 0.273. The molecule has 0 bridgehead atoms. The smallest absolute Gasteiger partial charge is 0.246 e. The molecular weight excluding hydrogens is 256 g/mol. The van der Waals surface area contributed by atoms with Crippen molar-refractivity contribution in [2.24, 2.45) is 0 Å². The molecule has 2 aromatic heterocycles. The van der Waals surface area contributed by atoms with Crippen LogP contribution in [0.3, 0.4) is 0 Å². The summed E-state index contributed by atoms with van der Waals surface area (Å²) >= 11 is 3.38. The number of hydrogen-bond donors (Lipinski definition) is 0. The Morgan fingerprint density at radius 3 is 2.67 bits per heavy atom. The average molecular weight is 267 g/mol. The van der Waals surface area contributed by atoms with Gasteiger partial charge in [0, 0.05) is 12.1 Å². The topological polar surface area (TPSA) is 38.9 Å². The van der Waals surface area contributed by atoms with Crippen LogP contribution in [0.4, 0.5) is 0 Å². The molecule has 0 N–H and O–H groups in total. The molecule has 0 unspecified atom stereocenters. The zero-order chi connectivity index (χ0) is 10.8. The van der Waals surface area contributed by atoms with E-state index in [1.807, 2.05) is 18.2 Å². The second kappa shape index (κ2) is 4.14. The summed E-state index contributed by atoms with van der Waals surface area (Å²) < 4.78 is 6.40. The Morgan fingerprint density at radius 1 is 1.33 bits per heavy atom. The molecule has 0 saturated heterocycles. The van der Waals surface area contributed by atoms with Crippen LogP contribution in [0.15, 0.2) is 33.4 Å². The number of pyridine rings is 1. The third-order valence-electron chi connectivity index (χ3n) is 2.02. The Balaban J connectivity index is 2.43. The van der Waals surface area contributed by atoms with Crippen LogP contribution >= 0.6 is 15.9 Å². The highest BCUT2D eigenvalue weighted by Crippen LogP contribution is 2.29. The van der Waals surface area contributed by atoms with Gasteiger partial charge in [0.25, 0.3) is 0 Å². The summed E-state index contributed by atoms with van der Waals surface area (Å²) in [6, 6.07) is 5.66. The minimum Gasteiger partial charge on any atom is -0.438 e. The van der Waals surface area contributed by atoms with Crippen LogP contribution in [-0.2, 0) is 0 Å². The number of halogens is 1. The van der Waals surface area contributed by atoms with Crippen LogP contribution in [0.2, 0.25) is 0 Å². The van der Waals surface area contributed by atoms with E-state index in [2.05, 4.69) is 39.7 Å². The molecule has 78 valence electrons. The molecule has 0 spiro atoms. The fourth-order valence-electron chi connectivity index (χ4n) is 1.27. The van der Waals surface area contributed by atoms with Crippen molar-refractivity contribution >= 4 is 15.9 Å². The van der Waals surface area contributed by atoms with Gasteiger partial charge in [-0.2, -0.15) is 0 Å². The standard InChI is InChI=1S/C11H11BrN2O/c1-7(2)9-10(12)14-11(15-9)8-5-3-4-6-13-8/h3-7H,1-2H3. The lowest BCUT2D eigenvalue weighted by Crippen LogP contribution is -1.83. The van der Waals surface area contributed by atoms with Crippen molar-refractivity contribution in [1.82, 2.24) is 9.97 Å². The van der Waals surface area contributed by atoms with Gasteiger partial charge in [0.1, 0.15) is 16.1 Å². The van der Waals surface area contributed by atoms with Gasteiger partial charge in [0.2, 0.25) is 5.89 Å². The van der Waals surface area contributed by atoms with Gasteiger partial charge in [-0.15, -0.1) is 0 Å². The second-order valence-corrected chi connectivity index (χ2v) is 4.29. The van der Waals surface area contributed by atoms with Crippen molar-refractivity contribution in [3.05, 3.63) is 34.8 Å². The summed E-state index contributed by atoms with van der Waals surface area (Å²) in [6.45, 7) is 4.13. The summed E-state index contributed by atoms with van der Waals surface area (Å²) in [5.41, 5.74) is 0.755. The van der Waals surface area contributed by atoms with E-state index in [1.54, 1.807) is 6.20 Å². The SMILES string of the molecule is CC(C)c1oc(-c2ccccn2)nc1Br. The predicted octanol–water partition coefficient (Wildman–Crippen LogP) is 3.62. The number of oxazole rings is 1. The van der Waals surface area contributed by atoms with Crippen molar-refractivity contribution in [2.75, 3.05) is 0 Å². The zero-order valence-electron chi connectivity index (χ0n) is 8.57. The lowest BCUT2D eigenvalue weighted by molar-refractivity contribution is 0.491. The largest absolute Gasteiger partial charge is 0.438 e. The first-order valence-electron chi connectivity index (χ1n) is 4.76. The first kappa shape index (κ1) is 10.4. The zero-order valence-corrected chi connectivity index (χ0v) is 10.2. The molecule has 0 saturated carbocycles. The number of aromatic nitrogens is 2. The molecule has 0 fully saturated rings. The van der Waals surface area contributed by atoms with Crippen molar-refractivity contribution in [2.45, 2.75) is 19.8 Å². The molecular formula is C11H11BrN2O. The van der Waals surface area contributed by atoms with Crippen molar-refractivity contribution in [3.8, 4) is 11.6 Å². The molecule has 15 heavy (non-hydrogen) atoms. The van der Waals surface area contributed by atoms with E-state index in [9.17, 15) is 0 Å². The van der Waals surface area contributed by atoms with Crippen molar-refractivity contribution < 1.29 is 4.42 Å². The minimum atomic E-state index is 0.310. The molecule has 0 aromatic carbocycles. The fourth-order valence-corrected chi connectivity index (χ4v) is 1.97. The normalized spacial score (nSPS) is 10.9. The summed E-state index contributed by atoms with van der Waals surface area (Å²) in [5.74, 6) is 1.73. The molecule has 4 heteroatoms. The lowest BCUT2D eigenvalue weighted by Gasteiger charge is -1.98. The van der Waals surface area contributed by atoms with Gasteiger partial charge < -0.3 is 4.42 Å². The Bertz CT molecular complexity index is 451. The Kier molecular flexibility index (Phi) is 2.86. The Labute approximate surface area is 96.7 Å². The minimum absolute atomic E-state index is 0.310. The van der Waals surface area contributed by atoms with Gasteiger partial charge in [-0.1, -0.05) is 19.9 Å². The van der Waals surface area contributed by atoms with Crippen molar-refractivity contribution in [1.29, 1.82) is 0 Å². The molecule has 2 heterocycles. The maximum atomic E-state index is 5.64. The number of nitrogens with zero attached hydrogens (tertiary/aromatic N) is 2. The Hall–Kier alpha value is -1.16. The maximum Gasteiger partial charge on any atom is 0.246 e. The van der Waals surface area contributed by atoms with E-state index in [-0.39, 0.29) is 0 Å². The van der Waals surface area contributed by atoms with Gasteiger partial charge in [-0.3, -0.25) is 4.98 Å². The summed E-state index contributed by atoms with van der Waals surface area (Å²) in [4.78, 5) is 8.48. The van der Waals surface area contributed by atoms with Crippen LogP contribution < -0.4 is 0 Å². The summed E-state index contributed by atoms with van der Waals surface area (Å²) in [7, 11) is 0. The highest BCUT2D eigenvalue weighted by Gasteiger charge is 2.15. The van der Waals surface area contributed by atoms with Gasteiger partial charge in [-0.05, 0) is 28.1 Å². The molecule has 3 nitrogen and oxygen atoms in total. The van der Waals surface area contributed by atoms with Crippen LogP contribution in [0, 0.1) is 0 Å². The van der Waals surface area contributed by atoms with Crippen molar-refractivity contribution in [3.63, 3.8) is 0 Å². The second-order valence-electron chi connectivity index (χ2n) is 3.54. The lowest BCUT2D eigenvalue weighted by atomic mass is 10.2. The molecule has 0 amide bonds. The van der Waals surface area contributed by atoms with E-state index in [0.29, 0.717) is 11.8 Å². The summed E-state index contributed by atoms with van der Waals surface area (Å²) in [5, 5.41) is 0. The molecule has 2 aromatic rings. The predicted molar refractivity (Wildman–Crippen MR) is 61.5 cm³/mol. The average Bonchev–Trinajstić information content (AvgIpc) is 2.62. The van der Waals surface area contributed by atoms with Crippen LogP contribution in [0.25, 0.3) is 11.6 Å². The first-order valence-corrected chi connectivity index (χ1v) is 5.55. The number of hydrogen-bond acceptors (Lipinski definition) is 3.